The van der Waals surface area contributed by atoms with E-state index in [0.29, 0.717) is 44.7 Å². The lowest BCUT2D eigenvalue weighted by Crippen LogP contribution is -2.49. The third-order valence-corrected chi connectivity index (χ3v) is 6.68. The van der Waals surface area contributed by atoms with Crippen molar-refractivity contribution in [1.82, 2.24) is 9.88 Å². The molecular weight excluding hydrogens is 376 g/mol. The van der Waals surface area contributed by atoms with Crippen molar-refractivity contribution < 1.29 is 19.1 Å². The summed E-state index contributed by atoms with van der Waals surface area (Å²) in [6.07, 6.45) is 8.85. The second-order valence-corrected chi connectivity index (χ2v) is 8.59. The Labute approximate surface area is 171 Å². The molecule has 2 aliphatic heterocycles. The number of nitrogens with zero attached hydrogens (tertiary/aromatic N) is 2. The van der Waals surface area contributed by atoms with E-state index in [0.717, 1.165) is 30.8 Å². The van der Waals surface area contributed by atoms with Crippen LogP contribution in [0.5, 0.6) is 0 Å². The third kappa shape index (κ3) is 5.47. The van der Waals surface area contributed by atoms with Gasteiger partial charge in [0.1, 0.15) is 0 Å². The molecule has 7 heteroatoms. The molecule has 3 heterocycles. The molecule has 0 saturated carbocycles. The molecule has 1 atom stereocenters. The van der Waals surface area contributed by atoms with Crippen LogP contribution < -0.4 is 0 Å². The summed E-state index contributed by atoms with van der Waals surface area (Å²) >= 11 is 1.52. The minimum Gasteiger partial charge on any atom is -0.466 e. The van der Waals surface area contributed by atoms with Gasteiger partial charge in [0, 0.05) is 37.0 Å². The van der Waals surface area contributed by atoms with Crippen molar-refractivity contribution in [2.75, 3.05) is 32.1 Å². The van der Waals surface area contributed by atoms with Gasteiger partial charge in [0.25, 0.3) is 0 Å². The van der Waals surface area contributed by atoms with Crippen LogP contribution in [0, 0.1) is 5.41 Å². The number of thioether (sulfide) groups is 1. The predicted molar refractivity (Wildman–Crippen MR) is 108 cm³/mol. The average molecular weight is 407 g/mol. The highest BCUT2D eigenvalue weighted by Gasteiger charge is 2.45. The SMILES string of the molecule is CCOC(=O)C1(C[C@H]2CCCCO2)CCN(C(=O)CSc2ccncc2)CC1. The highest BCUT2D eigenvalue weighted by Crippen LogP contribution is 2.40. The summed E-state index contributed by atoms with van der Waals surface area (Å²) in [5.41, 5.74) is -0.521. The number of esters is 1. The Morgan fingerprint density at radius 1 is 1.29 bits per heavy atom. The molecule has 28 heavy (non-hydrogen) atoms. The van der Waals surface area contributed by atoms with Crippen LogP contribution in [0.15, 0.2) is 29.4 Å². The fraction of sp³-hybridized carbons (Fsp3) is 0.667. The maximum absolute atomic E-state index is 12.8. The Morgan fingerprint density at radius 3 is 2.68 bits per heavy atom. The summed E-state index contributed by atoms with van der Waals surface area (Å²) in [6, 6.07) is 3.81. The largest absolute Gasteiger partial charge is 0.466 e. The summed E-state index contributed by atoms with van der Waals surface area (Å²) in [5, 5.41) is 0. The molecule has 2 fully saturated rings. The van der Waals surface area contributed by atoms with E-state index in [1.165, 1.54) is 11.8 Å². The molecule has 0 aliphatic carbocycles. The van der Waals surface area contributed by atoms with Crippen molar-refractivity contribution in [1.29, 1.82) is 0 Å². The standard InChI is InChI=1S/C21H30N2O4S/c1-2-26-20(25)21(15-17-5-3-4-14-27-17)8-12-23(13-9-21)19(24)16-28-18-6-10-22-11-7-18/h6-7,10-11,17H,2-5,8-9,12-16H2,1H3/t17-/m1/s1. The quantitative estimate of drug-likeness (QED) is 0.511. The number of pyridine rings is 1. The van der Waals surface area contributed by atoms with Crippen LogP contribution in [0.25, 0.3) is 0 Å². The van der Waals surface area contributed by atoms with E-state index in [1.54, 1.807) is 12.4 Å². The molecule has 6 nitrogen and oxygen atoms in total. The highest BCUT2D eigenvalue weighted by molar-refractivity contribution is 8.00. The first kappa shape index (κ1) is 21.1. The van der Waals surface area contributed by atoms with Crippen molar-refractivity contribution in [3.63, 3.8) is 0 Å². The lowest BCUT2D eigenvalue weighted by molar-refractivity contribution is -0.164. The maximum Gasteiger partial charge on any atom is 0.312 e. The molecule has 0 unspecified atom stereocenters. The van der Waals surface area contributed by atoms with E-state index < -0.39 is 5.41 Å². The van der Waals surface area contributed by atoms with E-state index in [9.17, 15) is 9.59 Å². The van der Waals surface area contributed by atoms with Crippen LogP contribution in [0.3, 0.4) is 0 Å². The minimum absolute atomic E-state index is 0.119. The summed E-state index contributed by atoms with van der Waals surface area (Å²) in [7, 11) is 0. The fourth-order valence-corrected chi connectivity index (χ4v) is 4.82. The van der Waals surface area contributed by atoms with Gasteiger partial charge in [-0.1, -0.05) is 0 Å². The van der Waals surface area contributed by atoms with Gasteiger partial charge in [0.15, 0.2) is 0 Å². The lowest BCUT2D eigenvalue weighted by atomic mass is 9.73. The van der Waals surface area contributed by atoms with Crippen LogP contribution in [-0.4, -0.2) is 59.9 Å². The van der Waals surface area contributed by atoms with Gasteiger partial charge in [-0.05, 0) is 57.6 Å². The Bertz CT molecular complexity index is 641. The number of hydrogen-bond acceptors (Lipinski definition) is 6. The van der Waals surface area contributed by atoms with Crippen molar-refractivity contribution in [2.45, 2.75) is 56.4 Å². The predicted octanol–water partition coefficient (Wildman–Crippen LogP) is 3.30. The van der Waals surface area contributed by atoms with Crippen molar-refractivity contribution >= 4 is 23.6 Å². The number of carbonyl (C=O) groups excluding carboxylic acids is 2. The number of aromatic nitrogens is 1. The molecule has 2 aliphatic rings. The molecule has 1 aromatic rings. The first-order chi connectivity index (χ1) is 13.6. The van der Waals surface area contributed by atoms with E-state index in [2.05, 4.69) is 4.98 Å². The van der Waals surface area contributed by atoms with Crippen molar-refractivity contribution in [3.8, 4) is 0 Å². The van der Waals surface area contributed by atoms with Gasteiger partial charge < -0.3 is 14.4 Å². The smallest absolute Gasteiger partial charge is 0.312 e. The van der Waals surface area contributed by atoms with Gasteiger partial charge in [-0.3, -0.25) is 14.6 Å². The van der Waals surface area contributed by atoms with Gasteiger partial charge in [-0.2, -0.15) is 0 Å². The van der Waals surface area contributed by atoms with Crippen LogP contribution >= 0.6 is 11.8 Å². The number of ether oxygens (including phenoxy) is 2. The zero-order valence-electron chi connectivity index (χ0n) is 16.6. The first-order valence-corrected chi connectivity index (χ1v) is 11.2. The second kappa shape index (κ2) is 10.3. The first-order valence-electron chi connectivity index (χ1n) is 10.2. The Kier molecular flexibility index (Phi) is 7.73. The summed E-state index contributed by atoms with van der Waals surface area (Å²) in [6.45, 7) is 4.21. The number of piperidine rings is 1. The molecule has 154 valence electrons. The summed E-state index contributed by atoms with van der Waals surface area (Å²) in [4.78, 5) is 32.3. The Balaban J connectivity index is 1.56. The van der Waals surface area contributed by atoms with Crippen molar-refractivity contribution in [3.05, 3.63) is 24.5 Å². The number of likely N-dealkylation sites (tertiary alicyclic amines) is 1. The minimum atomic E-state index is -0.521. The van der Waals surface area contributed by atoms with Crippen LogP contribution in [0.1, 0.15) is 45.4 Å². The maximum atomic E-state index is 12.8. The zero-order valence-corrected chi connectivity index (χ0v) is 17.4. The third-order valence-electron chi connectivity index (χ3n) is 5.69. The highest BCUT2D eigenvalue weighted by atomic mass is 32.2. The topological polar surface area (TPSA) is 68.7 Å². The average Bonchev–Trinajstić information content (AvgIpc) is 2.74. The summed E-state index contributed by atoms with van der Waals surface area (Å²) in [5.74, 6) is 0.401. The molecule has 1 aromatic heterocycles. The molecule has 0 aromatic carbocycles. The fourth-order valence-electron chi connectivity index (χ4n) is 4.03. The molecule has 1 amide bonds. The van der Waals surface area contributed by atoms with Crippen molar-refractivity contribution in [2.24, 2.45) is 5.41 Å². The van der Waals surface area contributed by atoms with Gasteiger partial charge >= 0.3 is 5.97 Å². The van der Waals surface area contributed by atoms with E-state index in [4.69, 9.17) is 9.47 Å². The lowest BCUT2D eigenvalue weighted by Gasteiger charge is -2.42. The zero-order chi connectivity index (χ0) is 19.8. The number of amides is 1. The Hall–Kier alpha value is -1.60. The number of carbonyl (C=O) groups is 2. The van der Waals surface area contributed by atoms with Crippen LogP contribution in [-0.2, 0) is 19.1 Å². The molecule has 0 radical (unpaired) electrons. The molecular formula is C21H30N2O4S. The van der Waals surface area contributed by atoms with E-state index >= 15 is 0 Å². The number of rotatable bonds is 7. The normalized spacial score (nSPS) is 21.9. The molecule has 3 rings (SSSR count). The molecule has 0 spiro atoms. The van der Waals surface area contributed by atoms with Gasteiger partial charge in [-0.15, -0.1) is 11.8 Å². The molecule has 0 bridgehead atoms. The second-order valence-electron chi connectivity index (χ2n) is 7.55. The van der Waals surface area contributed by atoms with E-state index in [-0.39, 0.29) is 18.0 Å². The summed E-state index contributed by atoms with van der Waals surface area (Å²) < 4.78 is 11.3. The van der Waals surface area contributed by atoms with Crippen LogP contribution in [0.4, 0.5) is 0 Å². The monoisotopic (exact) mass is 406 g/mol. The van der Waals surface area contributed by atoms with Gasteiger partial charge in [0.05, 0.1) is 23.9 Å². The Morgan fingerprint density at radius 2 is 2.04 bits per heavy atom. The number of hydrogen-bond donors (Lipinski definition) is 0. The molecule has 2 saturated heterocycles. The van der Waals surface area contributed by atoms with Gasteiger partial charge in [0.2, 0.25) is 5.91 Å². The molecule has 0 N–H and O–H groups in total. The van der Waals surface area contributed by atoms with Gasteiger partial charge in [-0.25, -0.2) is 0 Å². The van der Waals surface area contributed by atoms with E-state index in [1.807, 2.05) is 24.0 Å². The van der Waals surface area contributed by atoms with Crippen LogP contribution in [0.2, 0.25) is 0 Å².